The fourth-order valence-electron chi connectivity index (χ4n) is 1.67. The van der Waals surface area contributed by atoms with Crippen LogP contribution in [-0.4, -0.2) is 16.4 Å². The number of nitrogens with zero attached hydrogens (tertiary/aromatic N) is 1. The molecule has 16 heavy (non-hydrogen) atoms. The molecule has 0 atom stereocenters. The predicted octanol–water partition coefficient (Wildman–Crippen LogP) is 1.86. The van der Waals surface area contributed by atoms with Crippen LogP contribution in [0.2, 0.25) is 5.15 Å². The smallest absolute Gasteiger partial charge is 0.244 e. The third-order valence-corrected chi connectivity index (χ3v) is 3.22. The van der Waals surface area contributed by atoms with Crippen molar-refractivity contribution in [1.82, 2.24) is 4.98 Å². The van der Waals surface area contributed by atoms with Gasteiger partial charge in [-0.25, -0.2) is 4.98 Å². The Labute approximate surface area is 99.2 Å². The molecular weight excluding hydrogens is 226 g/mol. The Morgan fingerprint density at radius 2 is 2.31 bits per heavy atom. The quantitative estimate of drug-likeness (QED) is 0.775. The molecule has 0 bridgehead atoms. The Balaban J connectivity index is 2.14. The molecule has 2 rings (SSSR count). The van der Waals surface area contributed by atoms with Crippen LogP contribution in [0.1, 0.15) is 24.8 Å². The van der Waals surface area contributed by atoms with E-state index in [4.69, 9.17) is 17.3 Å². The lowest BCUT2D eigenvalue weighted by Crippen LogP contribution is -2.56. The van der Waals surface area contributed by atoms with Crippen molar-refractivity contribution < 1.29 is 4.79 Å². The van der Waals surface area contributed by atoms with Gasteiger partial charge in [-0.3, -0.25) is 4.79 Å². The van der Waals surface area contributed by atoms with E-state index in [1.54, 1.807) is 12.3 Å². The molecule has 1 aromatic rings. The lowest BCUT2D eigenvalue weighted by atomic mass is 9.77. The van der Waals surface area contributed by atoms with Gasteiger partial charge in [-0.2, -0.15) is 0 Å². The number of halogens is 1. The van der Waals surface area contributed by atoms with Crippen LogP contribution in [0, 0.1) is 6.92 Å². The molecule has 1 aromatic heterocycles. The van der Waals surface area contributed by atoms with Gasteiger partial charge in [0.2, 0.25) is 5.91 Å². The van der Waals surface area contributed by atoms with Gasteiger partial charge in [0.15, 0.2) is 5.15 Å². The zero-order valence-corrected chi connectivity index (χ0v) is 9.84. The Hall–Kier alpha value is -1.13. The lowest BCUT2D eigenvalue weighted by molar-refractivity contribution is -0.123. The van der Waals surface area contributed by atoms with E-state index in [0.29, 0.717) is 10.8 Å². The molecule has 86 valence electrons. The molecule has 1 aliphatic carbocycles. The van der Waals surface area contributed by atoms with Gasteiger partial charge in [-0.15, -0.1) is 0 Å². The van der Waals surface area contributed by atoms with E-state index < -0.39 is 5.54 Å². The normalized spacial score (nSPS) is 17.7. The van der Waals surface area contributed by atoms with Crippen LogP contribution in [0.3, 0.4) is 0 Å². The molecule has 0 saturated heterocycles. The topological polar surface area (TPSA) is 68.0 Å². The van der Waals surface area contributed by atoms with E-state index in [9.17, 15) is 4.79 Å². The number of aryl methyl sites for hydroxylation is 1. The number of amides is 1. The second-order valence-electron chi connectivity index (χ2n) is 4.31. The van der Waals surface area contributed by atoms with E-state index in [1.165, 1.54) is 0 Å². The van der Waals surface area contributed by atoms with Gasteiger partial charge in [0.1, 0.15) is 0 Å². The molecule has 0 unspecified atom stereocenters. The van der Waals surface area contributed by atoms with Crippen molar-refractivity contribution in [2.75, 3.05) is 5.32 Å². The first-order valence-electron chi connectivity index (χ1n) is 5.24. The fraction of sp³-hybridized carbons (Fsp3) is 0.455. The first-order valence-corrected chi connectivity index (χ1v) is 5.61. The molecule has 0 radical (unpaired) electrons. The zero-order chi connectivity index (χ0) is 11.8. The van der Waals surface area contributed by atoms with Gasteiger partial charge in [0, 0.05) is 6.20 Å². The molecule has 5 heteroatoms. The zero-order valence-electron chi connectivity index (χ0n) is 9.09. The van der Waals surface area contributed by atoms with Crippen LogP contribution in [-0.2, 0) is 4.79 Å². The maximum atomic E-state index is 11.9. The first-order chi connectivity index (χ1) is 7.51. The van der Waals surface area contributed by atoms with Gasteiger partial charge < -0.3 is 11.1 Å². The third-order valence-electron chi connectivity index (χ3n) is 2.92. The van der Waals surface area contributed by atoms with E-state index in [-0.39, 0.29) is 5.91 Å². The molecule has 1 saturated carbocycles. The van der Waals surface area contributed by atoms with E-state index in [2.05, 4.69) is 10.3 Å². The molecule has 1 heterocycles. The van der Waals surface area contributed by atoms with Crippen LogP contribution in [0.25, 0.3) is 0 Å². The van der Waals surface area contributed by atoms with Gasteiger partial charge in [-0.05, 0) is 37.8 Å². The minimum Gasteiger partial charge on any atom is -0.322 e. The third kappa shape index (κ3) is 2.03. The number of carbonyl (C=O) groups excluding carboxylic acids is 1. The minimum absolute atomic E-state index is 0.173. The van der Waals surface area contributed by atoms with Crippen LogP contribution in [0.4, 0.5) is 5.69 Å². The number of hydrogen-bond acceptors (Lipinski definition) is 3. The molecule has 4 nitrogen and oxygen atoms in total. The average molecular weight is 240 g/mol. The van der Waals surface area contributed by atoms with E-state index in [0.717, 1.165) is 24.8 Å². The number of nitrogens with two attached hydrogens (primary N) is 1. The largest absolute Gasteiger partial charge is 0.322 e. The second kappa shape index (κ2) is 4.03. The number of carbonyl (C=O) groups is 1. The maximum Gasteiger partial charge on any atom is 0.244 e. The summed E-state index contributed by atoms with van der Waals surface area (Å²) in [6, 6.07) is 1.79. The summed E-state index contributed by atoms with van der Waals surface area (Å²) in [6.07, 6.45) is 4.12. The standard InChI is InChI=1S/C11H14ClN3O/c1-7-5-8(9(12)14-6-7)15-10(16)11(13)3-2-4-11/h5-6H,2-4,13H2,1H3,(H,15,16). The lowest BCUT2D eigenvalue weighted by Gasteiger charge is -2.36. The highest BCUT2D eigenvalue weighted by atomic mass is 35.5. The molecule has 0 aliphatic heterocycles. The SMILES string of the molecule is Cc1cnc(Cl)c(NC(=O)C2(N)CCC2)c1. The fourth-order valence-corrected chi connectivity index (χ4v) is 1.82. The van der Waals surface area contributed by atoms with Crippen LogP contribution >= 0.6 is 11.6 Å². The monoisotopic (exact) mass is 239 g/mol. The summed E-state index contributed by atoms with van der Waals surface area (Å²) in [6.45, 7) is 1.89. The molecule has 1 amide bonds. The van der Waals surface area contributed by atoms with Crippen molar-refractivity contribution in [1.29, 1.82) is 0 Å². The average Bonchev–Trinajstić information content (AvgIpc) is 2.20. The highest BCUT2D eigenvalue weighted by Gasteiger charge is 2.40. The molecule has 1 aliphatic rings. The molecule has 3 N–H and O–H groups in total. The predicted molar refractivity (Wildman–Crippen MR) is 63.4 cm³/mol. The molecule has 1 fully saturated rings. The summed E-state index contributed by atoms with van der Waals surface area (Å²) >= 11 is 5.88. The molecule has 0 spiro atoms. The summed E-state index contributed by atoms with van der Waals surface area (Å²) in [5.41, 5.74) is 6.67. The van der Waals surface area contributed by atoms with Crippen LogP contribution < -0.4 is 11.1 Å². The van der Waals surface area contributed by atoms with E-state index >= 15 is 0 Å². The van der Waals surface area contributed by atoms with Gasteiger partial charge in [0.25, 0.3) is 0 Å². The summed E-state index contributed by atoms with van der Waals surface area (Å²) in [4.78, 5) is 15.8. The Bertz CT molecular complexity index is 429. The van der Waals surface area contributed by atoms with Crippen molar-refractivity contribution in [2.45, 2.75) is 31.7 Å². The Kier molecular flexibility index (Phi) is 2.86. The number of rotatable bonds is 2. The highest BCUT2D eigenvalue weighted by Crippen LogP contribution is 2.31. The number of pyridine rings is 1. The van der Waals surface area contributed by atoms with Crippen LogP contribution in [0.15, 0.2) is 12.3 Å². The number of aromatic nitrogens is 1. The van der Waals surface area contributed by atoms with Crippen LogP contribution in [0.5, 0.6) is 0 Å². The molecular formula is C11H14ClN3O. The first kappa shape index (κ1) is 11.4. The Morgan fingerprint density at radius 3 is 2.88 bits per heavy atom. The summed E-state index contributed by atoms with van der Waals surface area (Å²) < 4.78 is 0. The van der Waals surface area contributed by atoms with Gasteiger partial charge in [-0.1, -0.05) is 11.6 Å². The van der Waals surface area contributed by atoms with Crippen molar-refractivity contribution in [2.24, 2.45) is 5.73 Å². The second-order valence-corrected chi connectivity index (χ2v) is 4.67. The van der Waals surface area contributed by atoms with Gasteiger partial charge >= 0.3 is 0 Å². The summed E-state index contributed by atoms with van der Waals surface area (Å²) in [5.74, 6) is -0.173. The van der Waals surface area contributed by atoms with Crippen molar-refractivity contribution in [3.8, 4) is 0 Å². The Morgan fingerprint density at radius 1 is 1.62 bits per heavy atom. The van der Waals surface area contributed by atoms with Crippen molar-refractivity contribution in [3.05, 3.63) is 23.0 Å². The summed E-state index contributed by atoms with van der Waals surface area (Å²) in [7, 11) is 0. The number of hydrogen-bond donors (Lipinski definition) is 2. The van der Waals surface area contributed by atoms with Crippen molar-refractivity contribution in [3.63, 3.8) is 0 Å². The van der Waals surface area contributed by atoms with E-state index in [1.807, 2.05) is 6.92 Å². The maximum absolute atomic E-state index is 11.9. The summed E-state index contributed by atoms with van der Waals surface area (Å²) in [5, 5.41) is 3.03. The number of nitrogens with one attached hydrogen (secondary N) is 1. The van der Waals surface area contributed by atoms with Gasteiger partial charge in [0.05, 0.1) is 11.2 Å². The molecule has 0 aromatic carbocycles. The minimum atomic E-state index is -0.715. The van der Waals surface area contributed by atoms with Crippen molar-refractivity contribution >= 4 is 23.2 Å². The number of anilines is 1. The highest BCUT2D eigenvalue weighted by molar-refractivity contribution is 6.32.